The van der Waals surface area contributed by atoms with Gasteiger partial charge in [-0.05, 0) is 0 Å². The van der Waals surface area contributed by atoms with Crippen LogP contribution in [0.3, 0.4) is 0 Å². The highest BCUT2D eigenvalue weighted by Crippen LogP contribution is 1.99. The zero-order valence-corrected chi connectivity index (χ0v) is 7.56. The van der Waals surface area contributed by atoms with E-state index in [9.17, 15) is 9.59 Å². The molecule has 3 amide bonds. The largest absolute Gasteiger partial charge is 0.367 e. The smallest absolute Gasteiger partial charge is 0.335 e. The summed E-state index contributed by atoms with van der Waals surface area (Å²) >= 11 is 0. The van der Waals surface area contributed by atoms with Crippen molar-refractivity contribution in [3.8, 4) is 0 Å². The fourth-order valence-corrected chi connectivity index (χ4v) is 1.41. The van der Waals surface area contributed by atoms with Gasteiger partial charge in [-0.15, -0.1) is 0 Å². The van der Waals surface area contributed by atoms with Crippen molar-refractivity contribution < 1.29 is 9.59 Å². The first-order chi connectivity index (χ1) is 6.77. The van der Waals surface area contributed by atoms with Gasteiger partial charge in [0.2, 0.25) is 0 Å². The predicted molar refractivity (Wildman–Crippen MR) is 50.8 cm³/mol. The maximum Gasteiger partial charge on any atom is 0.367 e. The molecule has 1 fully saturated rings. The Morgan fingerprint density at radius 2 is 2.14 bits per heavy atom. The molecular formula is C8H10N4O2. The second kappa shape index (κ2) is 3.67. The molecule has 0 aliphatic carbocycles. The number of hydrogen-bond acceptors (Lipinski definition) is 3. The topological polar surface area (TPSA) is 74.1 Å². The van der Waals surface area contributed by atoms with Gasteiger partial charge in [-0.1, -0.05) is 0 Å². The summed E-state index contributed by atoms with van der Waals surface area (Å²) in [6.07, 6.45) is 1.23. The normalized spacial score (nSPS) is 21.3. The van der Waals surface area contributed by atoms with Crippen molar-refractivity contribution in [1.29, 1.82) is 0 Å². The van der Waals surface area contributed by atoms with Crippen LogP contribution in [0.5, 0.6) is 0 Å². The maximum atomic E-state index is 11.7. The zero-order chi connectivity index (χ0) is 9.97. The van der Waals surface area contributed by atoms with E-state index in [1.165, 1.54) is 6.21 Å². The van der Waals surface area contributed by atoms with Crippen LogP contribution in [0.4, 0.5) is 4.79 Å². The summed E-state index contributed by atoms with van der Waals surface area (Å²) in [5.41, 5.74) is 0.150. The molecule has 0 aromatic heterocycles. The second-order valence-corrected chi connectivity index (χ2v) is 3.08. The van der Waals surface area contributed by atoms with Gasteiger partial charge in [-0.2, -0.15) is 9.98 Å². The van der Waals surface area contributed by atoms with Crippen molar-refractivity contribution in [3.05, 3.63) is 0 Å². The van der Waals surface area contributed by atoms with Crippen molar-refractivity contribution in [2.24, 2.45) is 9.98 Å². The maximum absolute atomic E-state index is 11.7. The van der Waals surface area contributed by atoms with Crippen molar-refractivity contribution in [1.82, 2.24) is 10.2 Å². The monoisotopic (exact) mass is 194 g/mol. The SMILES string of the molecule is O=C1N=CC(C(=O)N2CCNCC2)=N1. The molecule has 1 N–H and O–H groups in total. The Morgan fingerprint density at radius 3 is 2.71 bits per heavy atom. The number of piperazine rings is 1. The van der Waals surface area contributed by atoms with Crippen LogP contribution >= 0.6 is 0 Å². The lowest BCUT2D eigenvalue weighted by Crippen LogP contribution is -2.48. The van der Waals surface area contributed by atoms with Crippen LogP contribution in [-0.4, -0.2) is 54.9 Å². The molecule has 1 saturated heterocycles. The summed E-state index contributed by atoms with van der Waals surface area (Å²) in [7, 11) is 0. The summed E-state index contributed by atoms with van der Waals surface area (Å²) in [6, 6.07) is -0.594. The van der Waals surface area contributed by atoms with Crippen LogP contribution in [0, 0.1) is 0 Å². The average Bonchev–Trinajstić information content (AvgIpc) is 2.65. The Kier molecular flexibility index (Phi) is 2.36. The number of urea groups is 1. The lowest BCUT2D eigenvalue weighted by atomic mass is 10.3. The highest BCUT2D eigenvalue weighted by atomic mass is 16.2. The van der Waals surface area contributed by atoms with E-state index < -0.39 is 6.03 Å². The number of carbonyl (C=O) groups excluding carboxylic acids is 2. The minimum Gasteiger partial charge on any atom is -0.335 e. The fourth-order valence-electron chi connectivity index (χ4n) is 1.41. The molecule has 0 aromatic carbocycles. The first-order valence-corrected chi connectivity index (χ1v) is 4.44. The van der Waals surface area contributed by atoms with E-state index in [-0.39, 0.29) is 11.6 Å². The first kappa shape index (κ1) is 9.01. The van der Waals surface area contributed by atoms with E-state index in [0.717, 1.165) is 13.1 Å². The molecule has 74 valence electrons. The van der Waals surface area contributed by atoms with Crippen LogP contribution in [0.1, 0.15) is 0 Å². The molecule has 0 bridgehead atoms. The van der Waals surface area contributed by atoms with Gasteiger partial charge in [0.1, 0.15) is 0 Å². The molecule has 6 nitrogen and oxygen atoms in total. The summed E-state index contributed by atoms with van der Waals surface area (Å²) in [5.74, 6) is -0.207. The van der Waals surface area contributed by atoms with E-state index in [1.807, 2.05) is 0 Å². The molecule has 2 rings (SSSR count). The fraction of sp³-hybridized carbons (Fsp3) is 0.500. The number of rotatable bonds is 1. The molecule has 2 aliphatic heterocycles. The van der Waals surface area contributed by atoms with E-state index in [0.29, 0.717) is 13.1 Å². The highest BCUT2D eigenvalue weighted by molar-refractivity contribution is 6.63. The molecule has 0 radical (unpaired) electrons. The third-order valence-electron chi connectivity index (χ3n) is 2.14. The molecule has 0 saturated carbocycles. The third-order valence-corrected chi connectivity index (χ3v) is 2.14. The average molecular weight is 194 g/mol. The Bertz CT molecular complexity index is 328. The summed E-state index contributed by atoms with van der Waals surface area (Å²) in [6.45, 7) is 2.87. The number of carbonyl (C=O) groups is 2. The van der Waals surface area contributed by atoms with Gasteiger partial charge < -0.3 is 10.2 Å². The molecule has 2 heterocycles. The van der Waals surface area contributed by atoms with Crippen LogP contribution in [0.15, 0.2) is 9.98 Å². The van der Waals surface area contributed by atoms with E-state index >= 15 is 0 Å². The number of nitrogens with one attached hydrogen (secondary N) is 1. The van der Waals surface area contributed by atoms with Gasteiger partial charge in [0.05, 0.1) is 6.21 Å². The van der Waals surface area contributed by atoms with Crippen molar-refractivity contribution in [3.63, 3.8) is 0 Å². The van der Waals surface area contributed by atoms with Crippen LogP contribution in [0.2, 0.25) is 0 Å². The van der Waals surface area contributed by atoms with Crippen molar-refractivity contribution in [2.75, 3.05) is 26.2 Å². The molecule has 0 spiro atoms. The molecule has 0 aromatic rings. The third kappa shape index (κ3) is 1.69. The van der Waals surface area contributed by atoms with Gasteiger partial charge >= 0.3 is 6.03 Å². The lowest BCUT2D eigenvalue weighted by Gasteiger charge is -2.26. The van der Waals surface area contributed by atoms with E-state index in [2.05, 4.69) is 15.3 Å². The van der Waals surface area contributed by atoms with Gasteiger partial charge in [0.25, 0.3) is 5.91 Å². The van der Waals surface area contributed by atoms with Crippen LogP contribution in [-0.2, 0) is 4.79 Å². The molecule has 6 heteroatoms. The van der Waals surface area contributed by atoms with Crippen LogP contribution in [0.25, 0.3) is 0 Å². The summed E-state index contributed by atoms with van der Waals surface area (Å²) in [5, 5.41) is 3.13. The Morgan fingerprint density at radius 1 is 1.43 bits per heavy atom. The number of hydrogen-bond donors (Lipinski definition) is 1. The van der Waals surface area contributed by atoms with Gasteiger partial charge in [-0.3, -0.25) is 4.79 Å². The van der Waals surface area contributed by atoms with Crippen LogP contribution < -0.4 is 5.32 Å². The molecule has 0 atom stereocenters. The highest BCUT2D eigenvalue weighted by Gasteiger charge is 2.23. The first-order valence-electron chi connectivity index (χ1n) is 4.44. The van der Waals surface area contributed by atoms with E-state index in [1.54, 1.807) is 4.90 Å². The van der Waals surface area contributed by atoms with Gasteiger partial charge in [0, 0.05) is 26.2 Å². The lowest BCUT2D eigenvalue weighted by molar-refractivity contribution is -0.124. The summed E-state index contributed by atoms with van der Waals surface area (Å²) in [4.78, 5) is 30.9. The van der Waals surface area contributed by atoms with Crippen molar-refractivity contribution >= 4 is 23.9 Å². The predicted octanol–water partition coefficient (Wildman–Crippen LogP) is -0.936. The number of aliphatic imine (C=N–C) groups is 2. The molecular weight excluding hydrogens is 184 g/mol. The molecule has 2 aliphatic rings. The molecule has 14 heavy (non-hydrogen) atoms. The number of amides is 3. The molecule has 0 unspecified atom stereocenters. The minimum atomic E-state index is -0.594. The quantitative estimate of drug-likeness (QED) is 0.585. The Hall–Kier alpha value is -1.56. The van der Waals surface area contributed by atoms with Gasteiger partial charge in [-0.25, -0.2) is 4.79 Å². The van der Waals surface area contributed by atoms with E-state index in [4.69, 9.17) is 0 Å². The second-order valence-electron chi connectivity index (χ2n) is 3.08. The minimum absolute atomic E-state index is 0.150. The zero-order valence-electron chi connectivity index (χ0n) is 7.56. The van der Waals surface area contributed by atoms with Gasteiger partial charge in [0.15, 0.2) is 5.71 Å². The standard InChI is InChI=1S/C8H10N4O2/c13-7(6-5-10-8(14)11-6)12-3-1-9-2-4-12/h5,9H,1-4H2. The summed E-state index contributed by atoms with van der Waals surface area (Å²) < 4.78 is 0. The Balaban J connectivity index is 2.04. The number of nitrogens with zero attached hydrogens (tertiary/aromatic N) is 3. The van der Waals surface area contributed by atoms with Crippen molar-refractivity contribution in [2.45, 2.75) is 0 Å². The Labute approximate surface area is 80.7 Å².